The van der Waals surface area contributed by atoms with Crippen LogP contribution in [0.2, 0.25) is 0 Å². The molecule has 1 aliphatic rings. The summed E-state index contributed by atoms with van der Waals surface area (Å²) < 4.78 is 0. The number of likely N-dealkylation sites (tertiary alicyclic amines) is 1. The predicted octanol–water partition coefficient (Wildman–Crippen LogP) is 2.16. The molecule has 18 heavy (non-hydrogen) atoms. The first-order chi connectivity index (χ1) is 8.63. The number of rotatable bonds is 3. The minimum absolute atomic E-state index is 0.0843. The van der Waals surface area contributed by atoms with E-state index < -0.39 is 0 Å². The smallest absolute Gasteiger partial charge is 0.230 e. The van der Waals surface area contributed by atoms with Crippen LogP contribution in [0.1, 0.15) is 38.2 Å². The topological polar surface area (TPSA) is 40.5 Å². The maximum absolute atomic E-state index is 12.5. The van der Waals surface area contributed by atoms with Gasteiger partial charge in [0.05, 0.1) is 12.0 Å². The lowest BCUT2D eigenvalue weighted by Gasteiger charge is -2.26. The fraction of sp³-hybridized carbons (Fsp3) is 0.533. The molecule has 0 aliphatic carbocycles. The maximum Gasteiger partial charge on any atom is 0.230 e. The van der Waals surface area contributed by atoms with Gasteiger partial charge in [0.2, 0.25) is 5.91 Å². The molecule has 3 atom stereocenters. The summed E-state index contributed by atoms with van der Waals surface area (Å²) in [7, 11) is 0. The Kier molecular flexibility index (Phi) is 4.02. The van der Waals surface area contributed by atoms with E-state index in [0.717, 1.165) is 12.0 Å². The lowest BCUT2D eigenvalue weighted by atomic mass is 9.95. The van der Waals surface area contributed by atoms with Crippen LogP contribution in [0.3, 0.4) is 0 Å². The largest absolute Gasteiger partial charge is 0.391 e. The molecule has 1 aliphatic heterocycles. The van der Waals surface area contributed by atoms with Crippen molar-refractivity contribution in [3.63, 3.8) is 0 Å². The Bertz CT molecular complexity index is 404. The first-order valence-electron chi connectivity index (χ1n) is 6.67. The van der Waals surface area contributed by atoms with Gasteiger partial charge in [-0.3, -0.25) is 4.79 Å². The molecule has 1 amide bonds. The molecule has 1 aromatic rings. The van der Waals surface area contributed by atoms with Crippen LogP contribution in [0, 0.1) is 0 Å². The molecular formula is C15H21NO2. The van der Waals surface area contributed by atoms with Crippen LogP contribution < -0.4 is 0 Å². The van der Waals surface area contributed by atoms with E-state index in [-0.39, 0.29) is 24.0 Å². The number of hydrogen-bond acceptors (Lipinski definition) is 2. The van der Waals surface area contributed by atoms with E-state index in [0.29, 0.717) is 13.0 Å². The zero-order valence-electron chi connectivity index (χ0n) is 11.0. The molecule has 1 aromatic carbocycles. The number of carbonyl (C=O) groups is 1. The van der Waals surface area contributed by atoms with Crippen molar-refractivity contribution in [3.05, 3.63) is 35.9 Å². The van der Waals surface area contributed by atoms with Crippen molar-refractivity contribution in [1.82, 2.24) is 4.90 Å². The summed E-state index contributed by atoms with van der Waals surface area (Å²) in [5.74, 6) is 0.0618. The number of nitrogens with zero attached hydrogens (tertiary/aromatic N) is 1. The highest BCUT2D eigenvalue weighted by Crippen LogP contribution is 2.26. The fourth-order valence-electron chi connectivity index (χ4n) is 2.75. The van der Waals surface area contributed by atoms with Gasteiger partial charge in [-0.15, -0.1) is 0 Å². The number of aliphatic hydroxyl groups excluding tert-OH is 1. The predicted molar refractivity (Wildman–Crippen MR) is 71.3 cm³/mol. The Morgan fingerprint density at radius 1 is 1.44 bits per heavy atom. The van der Waals surface area contributed by atoms with Gasteiger partial charge in [0.25, 0.3) is 0 Å². The van der Waals surface area contributed by atoms with E-state index in [9.17, 15) is 9.90 Å². The van der Waals surface area contributed by atoms with Crippen molar-refractivity contribution in [2.24, 2.45) is 0 Å². The van der Waals surface area contributed by atoms with Gasteiger partial charge < -0.3 is 10.0 Å². The molecule has 3 nitrogen and oxygen atoms in total. The summed E-state index contributed by atoms with van der Waals surface area (Å²) in [6.07, 6.45) is 1.12. The zero-order chi connectivity index (χ0) is 13.1. The monoisotopic (exact) mass is 247 g/mol. The number of hydrogen-bond donors (Lipinski definition) is 1. The van der Waals surface area contributed by atoms with Crippen molar-refractivity contribution in [2.75, 3.05) is 6.54 Å². The summed E-state index contributed by atoms with van der Waals surface area (Å²) in [5, 5.41) is 9.65. The number of benzene rings is 1. The average molecular weight is 247 g/mol. The molecule has 3 heteroatoms. The molecule has 0 unspecified atom stereocenters. The Hall–Kier alpha value is -1.35. The molecule has 0 saturated carbocycles. The third-order valence-corrected chi connectivity index (χ3v) is 3.74. The van der Waals surface area contributed by atoms with Crippen LogP contribution in [0.5, 0.6) is 0 Å². The Labute approximate surface area is 108 Å². The number of β-amino-alcohol motifs (C(OH)–C–C–N with tert-alkyl or cyclic N) is 1. The second-order valence-electron chi connectivity index (χ2n) is 5.10. The molecule has 1 fully saturated rings. The van der Waals surface area contributed by atoms with E-state index in [1.807, 2.05) is 49.1 Å². The van der Waals surface area contributed by atoms with Gasteiger partial charge in [-0.2, -0.15) is 0 Å². The Balaban J connectivity index is 2.16. The third-order valence-electron chi connectivity index (χ3n) is 3.74. The van der Waals surface area contributed by atoms with E-state index >= 15 is 0 Å². The lowest BCUT2D eigenvalue weighted by Crippen LogP contribution is -2.37. The van der Waals surface area contributed by atoms with Gasteiger partial charge in [0, 0.05) is 12.6 Å². The molecule has 2 rings (SSSR count). The molecular weight excluding hydrogens is 226 g/mol. The highest BCUT2D eigenvalue weighted by atomic mass is 16.3. The minimum atomic E-state index is -0.364. The number of amides is 1. The standard InChI is InChI=1S/C15H21NO2/c1-3-14(12-7-5-4-6-8-12)15(18)16-10-13(17)9-11(16)2/h4-8,11,13-14,17H,3,9-10H2,1-2H3/t11-,13-,14-/m0/s1. The first-order valence-corrected chi connectivity index (χ1v) is 6.67. The maximum atomic E-state index is 12.5. The van der Waals surface area contributed by atoms with Gasteiger partial charge in [-0.25, -0.2) is 0 Å². The molecule has 1 saturated heterocycles. The van der Waals surface area contributed by atoms with Crippen LogP contribution in [0.25, 0.3) is 0 Å². The van der Waals surface area contributed by atoms with Crippen LogP contribution in [-0.2, 0) is 4.79 Å². The number of aliphatic hydroxyl groups is 1. The van der Waals surface area contributed by atoms with Gasteiger partial charge in [-0.1, -0.05) is 37.3 Å². The second kappa shape index (κ2) is 5.53. The number of carbonyl (C=O) groups excluding carboxylic acids is 1. The fourth-order valence-corrected chi connectivity index (χ4v) is 2.75. The van der Waals surface area contributed by atoms with Crippen LogP contribution in [0.15, 0.2) is 30.3 Å². The summed E-state index contributed by atoms with van der Waals surface area (Å²) >= 11 is 0. The normalized spacial score (nSPS) is 25.2. The Morgan fingerprint density at radius 2 is 2.11 bits per heavy atom. The summed E-state index contributed by atoms with van der Waals surface area (Å²) in [6, 6.07) is 10.0. The lowest BCUT2D eigenvalue weighted by molar-refractivity contribution is -0.133. The summed E-state index contributed by atoms with van der Waals surface area (Å²) in [6.45, 7) is 4.52. The van der Waals surface area contributed by atoms with Crippen LogP contribution in [-0.4, -0.2) is 34.6 Å². The molecule has 0 radical (unpaired) electrons. The highest BCUT2D eigenvalue weighted by Gasteiger charge is 2.34. The molecule has 1 N–H and O–H groups in total. The SMILES string of the molecule is CC[C@H](C(=O)N1C[C@@H](O)C[C@@H]1C)c1ccccc1. The van der Waals surface area contributed by atoms with Crippen molar-refractivity contribution in [2.45, 2.75) is 44.8 Å². The van der Waals surface area contributed by atoms with E-state index in [2.05, 4.69) is 0 Å². The van der Waals surface area contributed by atoms with Crippen molar-refractivity contribution in [3.8, 4) is 0 Å². The summed E-state index contributed by atoms with van der Waals surface area (Å²) in [4.78, 5) is 14.4. The molecule has 0 spiro atoms. The van der Waals surface area contributed by atoms with Crippen molar-refractivity contribution in [1.29, 1.82) is 0 Å². The molecule has 0 aromatic heterocycles. The van der Waals surface area contributed by atoms with Gasteiger partial charge in [0.1, 0.15) is 0 Å². The van der Waals surface area contributed by atoms with Gasteiger partial charge in [-0.05, 0) is 25.3 Å². The average Bonchev–Trinajstić information content (AvgIpc) is 2.70. The van der Waals surface area contributed by atoms with E-state index in [4.69, 9.17) is 0 Å². The van der Waals surface area contributed by atoms with Crippen LogP contribution >= 0.6 is 0 Å². The zero-order valence-corrected chi connectivity index (χ0v) is 11.0. The summed E-state index contributed by atoms with van der Waals surface area (Å²) in [5.41, 5.74) is 1.07. The molecule has 98 valence electrons. The first kappa shape index (κ1) is 13.1. The minimum Gasteiger partial charge on any atom is -0.391 e. The quantitative estimate of drug-likeness (QED) is 0.889. The van der Waals surface area contributed by atoms with Crippen LogP contribution in [0.4, 0.5) is 0 Å². The molecule has 1 heterocycles. The van der Waals surface area contributed by atoms with Gasteiger partial charge in [0.15, 0.2) is 0 Å². The highest BCUT2D eigenvalue weighted by molar-refractivity contribution is 5.84. The van der Waals surface area contributed by atoms with Crippen molar-refractivity contribution >= 4 is 5.91 Å². The molecule has 0 bridgehead atoms. The van der Waals surface area contributed by atoms with Gasteiger partial charge >= 0.3 is 0 Å². The van der Waals surface area contributed by atoms with E-state index in [1.165, 1.54) is 0 Å². The van der Waals surface area contributed by atoms with Crippen molar-refractivity contribution < 1.29 is 9.90 Å². The Morgan fingerprint density at radius 3 is 2.61 bits per heavy atom. The third kappa shape index (κ3) is 2.56. The van der Waals surface area contributed by atoms with E-state index in [1.54, 1.807) is 0 Å². The second-order valence-corrected chi connectivity index (χ2v) is 5.10.